The van der Waals surface area contributed by atoms with Crippen molar-refractivity contribution in [3.63, 3.8) is 0 Å². The van der Waals surface area contributed by atoms with Crippen LogP contribution in [0.15, 0.2) is 36.4 Å². The average molecular weight is 342 g/mol. The third-order valence-electron chi connectivity index (χ3n) is 4.44. The number of urea groups is 1. The van der Waals surface area contributed by atoms with Crippen LogP contribution < -0.4 is 10.6 Å². The Hall–Kier alpha value is -2.67. The van der Waals surface area contributed by atoms with Crippen LogP contribution in [0.3, 0.4) is 0 Å². The molecule has 0 spiro atoms. The smallest absolute Gasteiger partial charge is 0.322 e. The molecule has 1 aromatic carbocycles. The normalized spacial score (nSPS) is 21.4. The number of imide groups is 1. The number of carbonyl (C=O) groups is 3. The molecule has 3 rings (SSSR count). The van der Waals surface area contributed by atoms with E-state index in [-0.39, 0.29) is 12.3 Å². The second-order valence-corrected chi connectivity index (χ2v) is 6.21. The van der Waals surface area contributed by atoms with Gasteiger partial charge in [-0.3, -0.25) is 19.8 Å². The topological polar surface area (TPSA) is 81.8 Å². The van der Waals surface area contributed by atoms with Gasteiger partial charge >= 0.3 is 6.03 Å². The minimum absolute atomic E-state index is 0.0193. The monoisotopic (exact) mass is 342 g/mol. The van der Waals surface area contributed by atoms with Crippen LogP contribution in [0.4, 0.5) is 4.79 Å². The van der Waals surface area contributed by atoms with Crippen LogP contribution >= 0.6 is 0 Å². The fourth-order valence-electron chi connectivity index (χ4n) is 2.99. The molecule has 0 radical (unpaired) electrons. The van der Waals surface area contributed by atoms with Crippen molar-refractivity contribution in [3.8, 4) is 0 Å². The molecule has 2 N–H and O–H groups in total. The summed E-state index contributed by atoms with van der Waals surface area (Å²) >= 11 is 0. The van der Waals surface area contributed by atoms with Crippen LogP contribution in [0.5, 0.6) is 0 Å². The number of hydrogen-bond acceptors (Lipinski definition) is 4. The predicted octanol–water partition coefficient (Wildman–Crippen LogP) is 0.442. The lowest BCUT2D eigenvalue weighted by Crippen LogP contribution is -2.50. The molecular formula is C18H22N4O3. The summed E-state index contributed by atoms with van der Waals surface area (Å²) in [5.41, 5.74) is 1.17. The van der Waals surface area contributed by atoms with E-state index in [9.17, 15) is 14.4 Å². The quantitative estimate of drug-likeness (QED) is 0.761. The molecule has 7 heteroatoms. The molecule has 2 heterocycles. The lowest BCUT2D eigenvalue weighted by atomic mass is 10.1. The first-order valence-corrected chi connectivity index (χ1v) is 8.45. The second kappa shape index (κ2) is 7.94. The first kappa shape index (κ1) is 17.2. The van der Waals surface area contributed by atoms with E-state index in [0.29, 0.717) is 13.1 Å². The van der Waals surface area contributed by atoms with Crippen LogP contribution in [-0.2, 0) is 9.59 Å². The molecule has 0 aliphatic carbocycles. The van der Waals surface area contributed by atoms with Gasteiger partial charge in [0.25, 0.3) is 5.91 Å². The van der Waals surface area contributed by atoms with Crippen molar-refractivity contribution < 1.29 is 14.4 Å². The van der Waals surface area contributed by atoms with E-state index in [1.54, 1.807) is 4.90 Å². The van der Waals surface area contributed by atoms with Crippen molar-refractivity contribution in [2.75, 3.05) is 32.7 Å². The first-order valence-electron chi connectivity index (χ1n) is 8.45. The largest absolute Gasteiger partial charge is 0.340 e. The van der Waals surface area contributed by atoms with Gasteiger partial charge in [0.1, 0.15) is 6.04 Å². The van der Waals surface area contributed by atoms with Crippen molar-refractivity contribution in [2.24, 2.45) is 0 Å². The van der Waals surface area contributed by atoms with Crippen molar-refractivity contribution in [2.45, 2.75) is 12.5 Å². The van der Waals surface area contributed by atoms with Crippen molar-refractivity contribution in [1.82, 2.24) is 20.4 Å². The Labute approximate surface area is 146 Å². The minimum Gasteiger partial charge on any atom is -0.340 e. The van der Waals surface area contributed by atoms with Gasteiger partial charge in [-0.2, -0.15) is 0 Å². The van der Waals surface area contributed by atoms with E-state index < -0.39 is 18.0 Å². The van der Waals surface area contributed by atoms with Crippen molar-refractivity contribution in [3.05, 3.63) is 42.0 Å². The van der Waals surface area contributed by atoms with E-state index >= 15 is 0 Å². The highest BCUT2D eigenvalue weighted by Crippen LogP contribution is 2.08. The van der Waals surface area contributed by atoms with Gasteiger partial charge in [-0.05, 0) is 5.56 Å². The van der Waals surface area contributed by atoms with Gasteiger partial charge in [0.15, 0.2) is 0 Å². The summed E-state index contributed by atoms with van der Waals surface area (Å²) in [6.45, 7) is 3.72. The summed E-state index contributed by atoms with van der Waals surface area (Å²) < 4.78 is 0. The maximum atomic E-state index is 12.3. The van der Waals surface area contributed by atoms with E-state index in [1.165, 1.54) is 5.56 Å². The number of nitrogens with zero attached hydrogens (tertiary/aromatic N) is 2. The molecule has 0 unspecified atom stereocenters. The van der Waals surface area contributed by atoms with Crippen molar-refractivity contribution >= 4 is 23.9 Å². The molecular weight excluding hydrogens is 320 g/mol. The standard InChI is InChI=1S/C18H22N4O3/c23-16(13-15-17(24)20-18(25)19-15)22-11-9-21(10-12-22)8-4-7-14-5-2-1-3-6-14/h1-7,15H,8-13H2,(H2,19,20,24,25)/b7-4-/t15-/m1/s1. The molecule has 1 atom stereocenters. The van der Waals surface area contributed by atoms with Crippen molar-refractivity contribution in [1.29, 1.82) is 0 Å². The summed E-state index contributed by atoms with van der Waals surface area (Å²) in [6, 6.07) is 8.86. The Kier molecular flexibility index (Phi) is 5.45. The molecule has 4 amide bonds. The minimum atomic E-state index is -0.744. The molecule has 1 aromatic rings. The number of hydrogen-bond donors (Lipinski definition) is 2. The average Bonchev–Trinajstić information content (AvgIpc) is 2.93. The lowest BCUT2D eigenvalue weighted by molar-refractivity contribution is -0.135. The SMILES string of the molecule is O=C1NC(=O)[C@@H](CC(=O)N2CCN(C/C=C\c3ccccc3)CC2)N1. The molecule has 2 aliphatic heterocycles. The molecule has 2 saturated heterocycles. The maximum Gasteiger partial charge on any atom is 0.322 e. The third kappa shape index (κ3) is 4.67. The zero-order chi connectivity index (χ0) is 17.6. The maximum absolute atomic E-state index is 12.3. The van der Waals surface area contributed by atoms with Crippen LogP contribution in [0.25, 0.3) is 6.08 Å². The van der Waals surface area contributed by atoms with E-state index in [0.717, 1.165) is 19.6 Å². The zero-order valence-corrected chi connectivity index (χ0v) is 14.0. The number of piperazine rings is 1. The molecule has 25 heavy (non-hydrogen) atoms. The van der Waals surface area contributed by atoms with Crippen LogP contribution in [0.1, 0.15) is 12.0 Å². The predicted molar refractivity (Wildman–Crippen MR) is 93.6 cm³/mol. The Balaban J connectivity index is 1.41. The molecule has 0 aromatic heterocycles. The molecule has 0 saturated carbocycles. The van der Waals surface area contributed by atoms with E-state index in [4.69, 9.17) is 0 Å². The number of benzene rings is 1. The highest BCUT2D eigenvalue weighted by atomic mass is 16.2. The van der Waals surface area contributed by atoms with Gasteiger partial charge in [0, 0.05) is 32.7 Å². The number of amides is 4. The fourth-order valence-corrected chi connectivity index (χ4v) is 2.99. The number of rotatable bonds is 5. The Bertz CT molecular complexity index is 666. The number of carbonyl (C=O) groups excluding carboxylic acids is 3. The fraction of sp³-hybridized carbons (Fsp3) is 0.389. The molecule has 132 valence electrons. The van der Waals surface area contributed by atoms with E-state index in [2.05, 4.69) is 39.8 Å². The Morgan fingerprint density at radius 1 is 1.12 bits per heavy atom. The summed E-state index contributed by atoms with van der Waals surface area (Å²) in [5, 5.41) is 4.60. The van der Waals surface area contributed by atoms with Gasteiger partial charge in [-0.15, -0.1) is 0 Å². The zero-order valence-electron chi connectivity index (χ0n) is 14.0. The summed E-state index contributed by atoms with van der Waals surface area (Å²) in [6.07, 6.45) is 4.25. The van der Waals surface area contributed by atoms with Gasteiger partial charge < -0.3 is 10.2 Å². The lowest BCUT2D eigenvalue weighted by Gasteiger charge is -2.34. The van der Waals surface area contributed by atoms with Gasteiger partial charge in [0.2, 0.25) is 5.91 Å². The summed E-state index contributed by atoms with van der Waals surface area (Å²) in [7, 11) is 0. The molecule has 2 aliphatic rings. The van der Waals surface area contributed by atoms with Gasteiger partial charge in [-0.25, -0.2) is 4.79 Å². The Morgan fingerprint density at radius 3 is 2.48 bits per heavy atom. The molecule has 0 bridgehead atoms. The highest BCUT2D eigenvalue weighted by Gasteiger charge is 2.33. The highest BCUT2D eigenvalue weighted by molar-refractivity contribution is 6.05. The molecule has 7 nitrogen and oxygen atoms in total. The summed E-state index contributed by atoms with van der Waals surface area (Å²) in [5.74, 6) is -0.523. The molecule has 2 fully saturated rings. The van der Waals surface area contributed by atoms with Crippen LogP contribution in [0.2, 0.25) is 0 Å². The first-order chi connectivity index (χ1) is 12.1. The number of nitrogens with one attached hydrogen (secondary N) is 2. The third-order valence-corrected chi connectivity index (χ3v) is 4.44. The van der Waals surface area contributed by atoms with Crippen LogP contribution in [-0.4, -0.2) is 66.4 Å². The van der Waals surface area contributed by atoms with Gasteiger partial charge in [0.05, 0.1) is 6.42 Å². The second-order valence-electron chi connectivity index (χ2n) is 6.21. The van der Waals surface area contributed by atoms with Crippen LogP contribution in [0, 0.1) is 0 Å². The summed E-state index contributed by atoms with van der Waals surface area (Å²) in [4.78, 5) is 38.9. The van der Waals surface area contributed by atoms with Gasteiger partial charge in [-0.1, -0.05) is 42.5 Å². The van der Waals surface area contributed by atoms with E-state index in [1.807, 2.05) is 18.2 Å². The Morgan fingerprint density at radius 2 is 1.84 bits per heavy atom.